The summed E-state index contributed by atoms with van der Waals surface area (Å²) in [5.74, 6) is 0. The predicted octanol–water partition coefficient (Wildman–Crippen LogP) is -0.609. The minimum Gasteiger partial charge on any atom is -0.377 e. The van der Waals surface area contributed by atoms with Crippen LogP contribution < -0.4 is 16.4 Å². The third-order valence-corrected chi connectivity index (χ3v) is 5.51. The lowest BCUT2D eigenvalue weighted by atomic mass is 10.3. The average molecular weight is 265 g/mol. The molecule has 0 saturated heterocycles. The van der Waals surface area contributed by atoms with Crippen molar-refractivity contribution < 1.29 is 13.3 Å². The second kappa shape index (κ2) is 9.95. The molecule has 0 bridgehead atoms. The van der Waals surface area contributed by atoms with Gasteiger partial charge in [0.1, 0.15) is 0 Å². The van der Waals surface area contributed by atoms with Crippen molar-refractivity contribution in [2.45, 2.75) is 19.0 Å². The molecule has 0 amide bonds. The van der Waals surface area contributed by atoms with E-state index in [1.165, 1.54) is 0 Å². The van der Waals surface area contributed by atoms with Crippen molar-refractivity contribution in [3.05, 3.63) is 0 Å². The van der Waals surface area contributed by atoms with Gasteiger partial charge in [-0.05, 0) is 6.54 Å². The zero-order valence-electron chi connectivity index (χ0n) is 11.4. The van der Waals surface area contributed by atoms with Crippen LogP contribution in [-0.4, -0.2) is 62.4 Å². The van der Waals surface area contributed by atoms with E-state index >= 15 is 0 Å². The lowest BCUT2D eigenvalue weighted by Crippen LogP contribution is -2.52. The maximum Gasteiger partial charge on any atom is 0.501 e. The SMILES string of the molecule is CCNCC(C[Si](OC)(OC)OC)NCCN. The largest absolute Gasteiger partial charge is 0.501 e. The fraction of sp³-hybridized carbons (Fsp3) is 1.00. The highest BCUT2D eigenvalue weighted by molar-refractivity contribution is 6.60. The zero-order chi connectivity index (χ0) is 13.1. The first-order valence-electron chi connectivity index (χ1n) is 5.97. The molecule has 104 valence electrons. The summed E-state index contributed by atoms with van der Waals surface area (Å²) in [6, 6.07) is 0.966. The van der Waals surface area contributed by atoms with Crippen LogP contribution in [0.5, 0.6) is 0 Å². The van der Waals surface area contributed by atoms with Crippen LogP contribution in [0, 0.1) is 0 Å². The van der Waals surface area contributed by atoms with Crippen LogP contribution >= 0.6 is 0 Å². The predicted molar refractivity (Wildman–Crippen MR) is 71.0 cm³/mol. The standard InChI is InChI=1S/C10H27N3O3Si/c1-5-12-8-10(13-7-6-11)9-17(14-2,15-3)16-4/h10,12-13H,5-9,11H2,1-4H3. The molecule has 0 saturated carbocycles. The van der Waals surface area contributed by atoms with Gasteiger partial charge < -0.3 is 29.6 Å². The van der Waals surface area contributed by atoms with Gasteiger partial charge in [0.05, 0.1) is 0 Å². The van der Waals surface area contributed by atoms with Gasteiger partial charge in [0.25, 0.3) is 0 Å². The third kappa shape index (κ3) is 6.46. The van der Waals surface area contributed by atoms with Crippen LogP contribution in [0.3, 0.4) is 0 Å². The Labute approximate surface area is 106 Å². The normalized spacial score (nSPS) is 13.9. The van der Waals surface area contributed by atoms with Crippen LogP contribution in [0.25, 0.3) is 0 Å². The van der Waals surface area contributed by atoms with E-state index in [1.807, 2.05) is 0 Å². The second-order valence-corrected chi connectivity index (χ2v) is 6.75. The molecule has 1 atom stereocenters. The van der Waals surface area contributed by atoms with Crippen LogP contribution in [0.4, 0.5) is 0 Å². The fourth-order valence-electron chi connectivity index (χ4n) is 1.62. The highest BCUT2D eigenvalue weighted by atomic mass is 28.4. The number of hydrogen-bond acceptors (Lipinski definition) is 6. The van der Waals surface area contributed by atoms with E-state index < -0.39 is 8.80 Å². The molecule has 0 spiro atoms. The monoisotopic (exact) mass is 265 g/mol. The first kappa shape index (κ1) is 17.0. The van der Waals surface area contributed by atoms with E-state index in [-0.39, 0.29) is 6.04 Å². The van der Waals surface area contributed by atoms with Gasteiger partial charge in [-0.15, -0.1) is 0 Å². The summed E-state index contributed by atoms with van der Waals surface area (Å²) >= 11 is 0. The smallest absolute Gasteiger partial charge is 0.377 e. The van der Waals surface area contributed by atoms with Crippen molar-refractivity contribution in [1.82, 2.24) is 10.6 Å². The first-order chi connectivity index (χ1) is 8.17. The Hall–Kier alpha value is -0.0231. The molecule has 0 aliphatic carbocycles. The topological polar surface area (TPSA) is 77.8 Å². The van der Waals surface area contributed by atoms with Gasteiger partial charge in [0.15, 0.2) is 0 Å². The van der Waals surface area contributed by atoms with E-state index in [1.54, 1.807) is 21.3 Å². The molecule has 0 rings (SSSR count). The van der Waals surface area contributed by atoms with Gasteiger partial charge in [-0.1, -0.05) is 6.92 Å². The zero-order valence-corrected chi connectivity index (χ0v) is 12.4. The molecule has 1 unspecified atom stereocenters. The van der Waals surface area contributed by atoms with Crippen molar-refractivity contribution in [3.8, 4) is 0 Å². The van der Waals surface area contributed by atoms with Gasteiger partial charge in [-0.25, -0.2) is 0 Å². The maximum atomic E-state index is 5.50. The summed E-state index contributed by atoms with van der Waals surface area (Å²) in [6.45, 7) is 5.25. The van der Waals surface area contributed by atoms with Crippen LogP contribution in [0.2, 0.25) is 6.04 Å². The number of likely N-dealkylation sites (N-methyl/N-ethyl adjacent to an activating group) is 1. The number of rotatable bonds is 11. The molecule has 0 radical (unpaired) electrons. The molecule has 0 aromatic heterocycles. The van der Waals surface area contributed by atoms with Crippen molar-refractivity contribution >= 4 is 8.80 Å². The summed E-state index contributed by atoms with van der Waals surface area (Å²) in [5, 5.41) is 6.67. The van der Waals surface area contributed by atoms with Crippen molar-refractivity contribution in [1.29, 1.82) is 0 Å². The summed E-state index contributed by atoms with van der Waals surface area (Å²) in [6.07, 6.45) is 0. The Morgan fingerprint density at radius 3 is 2.18 bits per heavy atom. The molecule has 0 heterocycles. The maximum absolute atomic E-state index is 5.50. The Bertz CT molecular complexity index is 166. The molecule has 0 aliphatic heterocycles. The highest BCUT2D eigenvalue weighted by Gasteiger charge is 2.40. The van der Waals surface area contributed by atoms with Gasteiger partial charge in [-0.2, -0.15) is 0 Å². The Balaban J connectivity index is 4.34. The quantitative estimate of drug-likeness (QED) is 0.433. The van der Waals surface area contributed by atoms with Crippen molar-refractivity contribution in [2.75, 3.05) is 47.5 Å². The number of hydrogen-bond donors (Lipinski definition) is 3. The third-order valence-electron chi connectivity index (χ3n) is 2.65. The summed E-state index contributed by atoms with van der Waals surface area (Å²) in [5.41, 5.74) is 5.50. The second-order valence-electron chi connectivity index (χ2n) is 3.75. The minimum atomic E-state index is -2.52. The molecule has 0 aromatic carbocycles. The molecule has 0 aliphatic rings. The van der Waals surface area contributed by atoms with E-state index in [2.05, 4.69) is 17.6 Å². The highest BCUT2D eigenvalue weighted by Crippen LogP contribution is 2.14. The molecule has 6 nitrogen and oxygen atoms in total. The number of nitrogens with two attached hydrogens (primary N) is 1. The van der Waals surface area contributed by atoms with E-state index in [9.17, 15) is 0 Å². The molecule has 0 aromatic rings. The van der Waals surface area contributed by atoms with Crippen molar-refractivity contribution in [3.63, 3.8) is 0 Å². The van der Waals surface area contributed by atoms with Gasteiger partial charge in [0, 0.05) is 53.0 Å². The first-order valence-corrected chi connectivity index (χ1v) is 7.90. The molecule has 0 fully saturated rings. The molecular weight excluding hydrogens is 238 g/mol. The Kier molecular flexibility index (Phi) is 9.94. The summed E-state index contributed by atoms with van der Waals surface area (Å²) in [7, 11) is 2.37. The van der Waals surface area contributed by atoms with E-state index in [4.69, 9.17) is 19.0 Å². The van der Waals surface area contributed by atoms with Crippen LogP contribution in [0.15, 0.2) is 0 Å². The molecule has 7 heteroatoms. The van der Waals surface area contributed by atoms with Crippen LogP contribution in [0.1, 0.15) is 6.92 Å². The summed E-state index contributed by atoms with van der Waals surface area (Å²) < 4.78 is 16.3. The fourth-order valence-corrected chi connectivity index (χ4v) is 3.52. The molecule has 17 heavy (non-hydrogen) atoms. The number of nitrogens with one attached hydrogen (secondary N) is 2. The Morgan fingerprint density at radius 2 is 1.76 bits per heavy atom. The van der Waals surface area contributed by atoms with E-state index in [0.717, 1.165) is 25.7 Å². The minimum absolute atomic E-state index is 0.241. The molecular formula is C10H27N3O3Si. The van der Waals surface area contributed by atoms with Gasteiger partial charge >= 0.3 is 8.80 Å². The van der Waals surface area contributed by atoms with Gasteiger partial charge in [0.2, 0.25) is 0 Å². The Morgan fingerprint density at radius 1 is 1.18 bits per heavy atom. The lowest BCUT2D eigenvalue weighted by Gasteiger charge is -2.29. The average Bonchev–Trinajstić information content (AvgIpc) is 2.38. The molecule has 4 N–H and O–H groups in total. The van der Waals surface area contributed by atoms with E-state index in [0.29, 0.717) is 6.54 Å². The van der Waals surface area contributed by atoms with Crippen molar-refractivity contribution in [2.24, 2.45) is 5.73 Å². The van der Waals surface area contributed by atoms with Gasteiger partial charge in [-0.3, -0.25) is 0 Å². The lowest BCUT2D eigenvalue weighted by molar-refractivity contribution is 0.120. The summed E-state index contributed by atoms with van der Waals surface area (Å²) in [4.78, 5) is 0. The van der Waals surface area contributed by atoms with Crippen LogP contribution in [-0.2, 0) is 13.3 Å².